The van der Waals surface area contributed by atoms with Gasteiger partial charge in [0, 0.05) is 30.2 Å². The zero-order valence-electron chi connectivity index (χ0n) is 18.9. The highest BCUT2D eigenvalue weighted by atomic mass is 16.5. The predicted molar refractivity (Wildman–Crippen MR) is 125 cm³/mol. The Balaban J connectivity index is 2.24. The second-order valence-electron chi connectivity index (χ2n) is 8.18. The van der Waals surface area contributed by atoms with E-state index in [1.165, 1.54) is 0 Å². The molecule has 2 amide bonds. The van der Waals surface area contributed by atoms with Gasteiger partial charge in [-0.15, -0.1) is 0 Å². The summed E-state index contributed by atoms with van der Waals surface area (Å²) in [6.07, 6.45) is -0.363. The molecule has 0 aliphatic rings. The monoisotopic (exact) mass is 435 g/mol. The summed E-state index contributed by atoms with van der Waals surface area (Å²) in [6.45, 7) is 6.31. The number of carboxylic acid groups (broad SMARTS) is 1. The van der Waals surface area contributed by atoms with E-state index in [1.54, 1.807) is 13.1 Å². The van der Waals surface area contributed by atoms with Crippen LogP contribution in [0.1, 0.15) is 30.7 Å². The number of fused-ring (bicyclic) bond motifs is 1. The highest BCUT2D eigenvalue weighted by molar-refractivity contribution is 5.97. The molecule has 3 N–H and O–H groups in total. The average molecular weight is 436 g/mol. The molecule has 1 heterocycles. The molecule has 0 aliphatic heterocycles. The maximum absolute atomic E-state index is 11.6. The summed E-state index contributed by atoms with van der Waals surface area (Å²) in [5.74, 6) is 0.676. The molecule has 2 aromatic carbocycles. The van der Waals surface area contributed by atoms with Crippen LogP contribution in [0.15, 0.2) is 42.5 Å². The van der Waals surface area contributed by atoms with E-state index in [2.05, 4.69) is 24.5 Å². The van der Waals surface area contributed by atoms with Crippen LogP contribution in [0.5, 0.6) is 5.75 Å². The molecule has 0 bridgehead atoms. The van der Waals surface area contributed by atoms with Crippen molar-refractivity contribution in [2.24, 2.45) is 5.92 Å². The van der Waals surface area contributed by atoms with Gasteiger partial charge in [0.15, 0.2) is 6.61 Å². The number of rotatable bonds is 8. The molecule has 32 heavy (non-hydrogen) atoms. The standard InChI is InChI=1S/C25H29N3O4/c1-15(2)11-22-20(13-27-25(30)31)24(17-7-5-16(3)6-8-17)19-12-18(9-10-21(19)28-22)32-14-23(29)26-4/h5-10,12,15,27H,11,13-14H2,1-4H3,(H,26,29)(H,30,31). The number of hydrogen-bond donors (Lipinski definition) is 3. The van der Waals surface area contributed by atoms with Crippen molar-refractivity contribution in [1.29, 1.82) is 0 Å². The maximum atomic E-state index is 11.6. The Morgan fingerprint density at radius 2 is 1.84 bits per heavy atom. The van der Waals surface area contributed by atoms with Gasteiger partial charge in [-0.3, -0.25) is 9.78 Å². The van der Waals surface area contributed by atoms with E-state index in [4.69, 9.17) is 9.72 Å². The number of benzene rings is 2. The Morgan fingerprint density at radius 3 is 2.47 bits per heavy atom. The number of nitrogens with one attached hydrogen (secondary N) is 2. The summed E-state index contributed by atoms with van der Waals surface area (Å²) in [7, 11) is 1.56. The van der Waals surface area contributed by atoms with Crippen molar-refractivity contribution < 1.29 is 19.4 Å². The van der Waals surface area contributed by atoms with Gasteiger partial charge in [0.05, 0.1) is 5.52 Å². The van der Waals surface area contributed by atoms with Gasteiger partial charge < -0.3 is 20.5 Å². The van der Waals surface area contributed by atoms with Crippen molar-refractivity contribution in [2.45, 2.75) is 33.7 Å². The summed E-state index contributed by atoms with van der Waals surface area (Å²) >= 11 is 0. The molecular weight excluding hydrogens is 406 g/mol. The zero-order chi connectivity index (χ0) is 23.3. The quantitative estimate of drug-likeness (QED) is 0.490. The van der Waals surface area contributed by atoms with Crippen molar-refractivity contribution in [3.63, 3.8) is 0 Å². The molecule has 0 aliphatic carbocycles. The third-order valence-corrected chi connectivity index (χ3v) is 5.15. The van der Waals surface area contributed by atoms with E-state index in [1.807, 2.05) is 43.3 Å². The molecule has 0 unspecified atom stereocenters. The van der Waals surface area contributed by atoms with Crippen molar-refractivity contribution in [3.8, 4) is 16.9 Å². The predicted octanol–water partition coefficient (Wildman–Crippen LogP) is 4.30. The van der Waals surface area contributed by atoms with Gasteiger partial charge in [0.25, 0.3) is 5.91 Å². The summed E-state index contributed by atoms with van der Waals surface area (Å²) in [6, 6.07) is 13.7. The number of aryl methyl sites for hydroxylation is 1. The smallest absolute Gasteiger partial charge is 0.404 e. The molecule has 0 spiro atoms. The second kappa shape index (κ2) is 10.1. The Labute approximate surface area is 187 Å². The van der Waals surface area contributed by atoms with Crippen LogP contribution in [0.4, 0.5) is 4.79 Å². The number of nitrogens with zero attached hydrogens (tertiary/aromatic N) is 1. The van der Waals surface area contributed by atoms with Gasteiger partial charge in [0.2, 0.25) is 0 Å². The topological polar surface area (TPSA) is 101 Å². The van der Waals surface area contributed by atoms with Gasteiger partial charge in [-0.1, -0.05) is 43.7 Å². The number of carbonyl (C=O) groups is 2. The molecule has 168 valence electrons. The molecule has 0 saturated carbocycles. The number of ether oxygens (including phenoxy) is 1. The molecule has 0 saturated heterocycles. The number of hydrogen-bond acceptors (Lipinski definition) is 4. The molecule has 3 aromatic rings. The van der Waals surface area contributed by atoms with Crippen LogP contribution in [0.3, 0.4) is 0 Å². The van der Waals surface area contributed by atoms with Crippen LogP contribution in [0, 0.1) is 12.8 Å². The molecule has 0 radical (unpaired) electrons. The Bertz CT molecular complexity index is 1120. The number of pyridine rings is 1. The minimum absolute atomic E-state index is 0.0891. The normalized spacial score (nSPS) is 10.9. The first-order chi connectivity index (χ1) is 15.3. The SMILES string of the molecule is CNC(=O)COc1ccc2nc(CC(C)C)c(CNC(=O)O)c(-c3ccc(C)cc3)c2c1. The van der Waals surface area contributed by atoms with Crippen molar-refractivity contribution in [2.75, 3.05) is 13.7 Å². The van der Waals surface area contributed by atoms with Crippen molar-refractivity contribution in [1.82, 2.24) is 15.6 Å². The Kier molecular flexibility index (Phi) is 7.30. The van der Waals surface area contributed by atoms with E-state index in [9.17, 15) is 14.7 Å². The van der Waals surface area contributed by atoms with Crippen LogP contribution in [-0.4, -0.2) is 35.7 Å². The fraction of sp³-hybridized carbons (Fsp3) is 0.320. The van der Waals surface area contributed by atoms with Gasteiger partial charge in [0.1, 0.15) is 5.75 Å². The third-order valence-electron chi connectivity index (χ3n) is 5.15. The van der Waals surface area contributed by atoms with Crippen LogP contribution < -0.4 is 15.4 Å². The fourth-order valence-corrected chi connectivity index (χ4v) is 3.60. The second-order valence-corrected chi connectivity index (χ2v) is 8.18. The van der Waals surface area contributed by atoms with Crippen molar-refractivity contribution in [3.05, 3.63) is 59.3 Å². The van der Waals surface area contributed by atoms with E-state index in [0.29, 0.717) is 11.7 Å². The number of aromatic nitrogens is 1. The highest BCUT2D eigenvalue weighted by Gasteiger charge is 2.19. The first-order valence-corrected chi connectivity index (χ1v) is 10.6. The lowest BCUT2D eigenvalue weighted by molar-refractivity contribution is -0.122. The molecule has 7 nitrogen and oxygen atoms in total. The zero-order valence-corrected chi connectivity index (χ0v) is 18.9. The largest absolute Gasteiger partial charge is 0.484 e. The maximum Gasteiger partial charge on any atom is 0.404 e. The Morgan fingerprint density at radius 1 is 1.12 bits per heavy atom. The van der Waals surface area contributed by atoms with Gasteiger partial charge >= 0.3 is 6.09 Å². The molecule has 3 rings (SSSR count). The first-order valence-electron chi connectivity index (χ1n) is 10.6. The van der Waals surface area contributed by atoms with E-state index in [-0.39, 0.29) is 19.1 Å². The van der Waals surface area contributed by atoms with Gasteiger partial charge in [-0.25, -0.2) is 4.79 Å². The lowest BCUT2D eigenvalue weighted by atomic mass is 9.91. The van der Waals surface area contributed by atoms with Crippen molar-refractivity contribution >= 4 is 22.9 Å². The fourth-order valence-electron chi connectivity index (χ4n) is 3.60. The Hall–Kier alpha value is -3.61. The molecule has 0 atom stereocenters. The summed E-state index contributed by atoms with van der Waals surface area (Å²) in [4.78, 5) is 27.8. The number of carbonyl (C=O) groups excluding carboxylic acids is 1. The minimum Gasteiger partial charge on any atom is -0.484 e. The van der Waals surface area contributed by atoms with Crippen LogP contribution >= 0.6 is 0 Å². The summed E-state index contributed by atoms with van der Waals surface area (Å²) in [5.41, 5.74) is 5.54. The molecule has 7 heteroatoms. The molecule has 1 aromatic heterocycles. The lowest BCUT2D eigenvalue weighted by Gasteiger charge is -2.19. The highest BCUT2D eigenvalue weighted by Crippen LogP contribution is 2.36. The average Bonchev–Trinajstić information content (AvgIpc) is 2.75. The summed E-state index contributed by atoms with van der Waals surface area (Å²) < 4.78 is 5.66. The first kappa shape index (κ1) is 23.1. The van der Waals surface area contributed by atoms with E-state index >= 15 is 0 Å². The number of likely N-dealkylation sites (N-methyl/N-ethyl adjacent to an activating group) is 1. The van der Waals surface area contributed by atoms with Crippen LogP contribution in [-0.2, 0) is 17.8 Å². The van der Waals surface area contributed by atoms with Crippen LogP contribution in [0.25, 0.3) is 22.0 Å². The van der Waals surface area contributed by atoms with E-state index in [0.717, 1.165) is 45.3 Å². The number of amides is 2. The molecular formula is C25H29N3O4. The van der Waals surface area contributed by atoms with Crippen LogP contribution in [0.2, 0.25) is 0 Å². The third kappa shape index (κ3) is 5.55. The summed E-state index contributed by atoms with van der Waals surface area (Å²) in [5, 5.41) is 15.2. The molecule has 0 fully saturated rings. The van der Waals surface area contributed by atoms with Gasteiger partial charge in [-0.05, 0) is 48.6 Å². The lowest BCUT2D eigenvalue weighted by Crippen LogP contribution is -2.24. The minimum atomic E-state index is -1.09. The van der Waals surface area contributed by atoms with Gasteiger partial charge in [-0.2, -0.15) is 0 Å². The van der Waals surface area contributed by atoms with E-state index < -0.39 is 6.09 Å².